The maximum absolute atomic E-state index is 12.9. The number of aromatic nitrogens is 2. The Bertz CT molecular complexity index is 848. The molecule has 0 aliphatic heterocycles. The molecule has 0 saturated heterocycles. The molecule has 130 valence electrons. The highest BCUT2D eigenvalue weighted by Crippen LogP contribution is 2.35. The number of benzene rings is 2. The van der Waals surface area contributed by atoms with Crippen LogP contribution in [0.1, 0.15) is 17.0 Å². The smallest absolute Gasteiger partial charge is 0.312 e. The van der Waals surface area contributed by atoms with Crippen molar-refractivity contribution in [1.82, 2.24) is 10.2 Å². The predicted molar refractivity (Wildman–Crippen MR) is 96.0 cm³/mol. The molecule has 0 amide bonds. The summed E-state index contributed by atoms with van der Waals surface area (Å²) in [7, 11) is 0. The van der Waals surface area contributed by atoms with Crippen LogP contribution in [0.15, 0.2) is 45.3 Å². The number of halogens is 3. The summed E-state index contributed by atoms with van der Waals surface area (Å²) in [5.41, 5.74) is 7.24. The summed E-state index contributed by atoms with van der Waals surface area (Å²) in [6, 6.07) is 9.92. The van der Waals surface area contributed by atoms with Crippen molar-refractivity contribution >= 4 is 33.5 Å². The van der Waals surface area contributed by atoms with E-state index in [0.29, 0.717) is 36.1 Å². The van der Waals surface area contributed by atoms with E-state index < -0.39 is 0 Å². The van der Waals surface area contributed by atoms with Crippen molar-refractivity contribution in [3.05, 3.63) is 68.7 Å². The van der Waals surface area contributed by atoms with Gasteiger partial charge in [0.1, 0.15) is 12.4 Å². The molecule has 0 fully saturated rings. The zero-order valence-electron chi connectivity index (χ0n) is 13.0. The fraction of sp³-hybridized carbons (Fsp3) is 0.176. The lowest BCUT2D eigenvalue weighted by molar-refractivity contribution is 0.304. The molecule has 0 radical (unpaired) electrons. The minimum absolute atomic E-state index is 0.0544. The van der Waals surface area contributed by atoms with Crippen molar-refractivity contribution in [2.45, 2.75) is 19.4 Å². The van der Waals surface area contributed by atoms with Gasteiger partial charge in [-0.05, 0) is 57.7 Å². The zero-order valence-corrected chi connectivity index (χ0v) is 15.3. The van der Waals surface area contributed by atoms with E-state index in [2.05, 4.69) is 26.1 Å². The lowest BCUT2D eigenvalue weighted by atomic mass is 10.1. The van der Waals surface area contributed by atoms with Crippen LogP contribution in [0.25, 0.3) is 0 Å². The molecule has 0 spiro atoms. The first-order valence-corrected chi connectivity index (χ1v) is 8.61. The van der Waals surface area contributed by atoms with Gasteiger partial charge in [-0.15, -0.1) is 5.10 Å². The molecule has 0 aliphatic carbocycles. The average Bonchev–Trinajstić information content (AvgIpc) is 2.99. The molecule has 0 saturated carbocycles. The maximum atomic E-state index is 12.9. The van der Waals surface area contributed by atoms with Crippen molar-refractivity contribution in [2.24, 2.45) is 0 Å². The summed E-state index contributed by atoms with van der Waals surface area (Å²) in [5, 5.41) is 7.93. The Morgan fingerprint density at radius 3 is 2.52 bits per heavy atom. The van der Waals surface area contributed by atoms with Gasteiger partial charge in [0, 0.05) is 6.42 Å². The fourth-order valence-corrected chi connectivity index (χ4v) is 3.28. The van der Waals surface area contributed by atoms with Gasteiger partial charge in [-0.3, -0.25) is 0 Å². The molecule has 3 rings (SSSR count). The number of nitrogen functional groups attached to an aromatic ring is 1. The van der Waals surface area contributed by atoms with Crippen LogP contribution in [0.2, 0.25) is 5.02 Å². The standard InChI is InChI=1S/C17H14BrClFN3O2/c18-13-7-11(3-6-15-22-23-17(21)25-15)8-14(19)16(13)24-9-10-1-4-12(20)5-2-10/h1-2,4-5,7-8H,3,6,9H2,(H2,21,23). The lowest BCUT2D eigenvalue weighted by Crippen LogP contribution is -1.98. The summed E-state index contributed by atoms with van der Waals surface area (Å²) < 4.78 is 24.6. The number of nitrogens with zero attached hydrogens (tertiary/aromatic N) is 2. The van der Waals surface area contributed by atoms with Gasteiger partial charge in [0.25, 0.3) is 0 Å². The number of anilines is 1. The highest BCUT2D eigenvalue weighted by atomic mass is 79.9. The summed E-state index contributed by atoms with van der Waals surface area (Å²) in [6.07, 6.45) is 1.22. The Morgan fingerprint density at radius 1 is 1.12 bits per heavy atom. The van der Waals surface area contributed by atoms with Gasteiger partial charge in [0.2, 0.25) is 5.89 Å². The molecule has 0 unspecified atom stereocenters. The Labute approximate surface area is 157 Å². The van der Waals surface area contributed by atoms with Gasteiger partial charge in [-0.25, -0.2) is 4.39 Å². The molecule has 5 nitrogen and oxygen atoms in total. The molecule has 0 bridgehead atoms. The monoisotopic (exact) mass is 425 g/mol. The highest BCUT2D eigenvalue weighted by Gasteiger charge is 2.11. The Hall–Kier alpha value is -2.12. The SMILES string of the molecule is Nc1nnc(CCc2cc(Cl)c(OCc3ccc(F)cc3)c(Br)c2)o1. The Kier molecular flexibility index (Phi) is 5.55. The number of aryl methyl sites for hydroxylation is 2. The molecular weight excluding hydrogens is 413 g/mol. The van der Waals surface area contributed by atoms with Crippen molar-refractivity contribution in [3.8, 4) is 5.75 Å². The van der Waals surface area contributed by atoms with E-state index in [-0.39, 0.29) is 11.8 Å². The van der Waals surface area contributed by atoms with Crippen LogP contribution in [0, 0.1) is 5.82 Å². The quantitative estimate of drug-likeness (QED) is 0.625. The first-order valence-electron chi connectivity index (χ1n) is 7.44. The van der Waals surface area contributed by atoms with Gasteiger partial charge in [0.15, 0.2) is 5.75 Å². The van der Waals surface area contributed by atoms with Crippen LogP contribution in [-0.4, -0.2) is 10.2 Å². The van der Waals surface area contributed by atoms with Crippen molar-refractivity contribution in [2.75, 3.05) is 5.73 Å². The van der Waals surface area contributed by atoms with Crippen molar-refractivity contribution < 1.29 is 13.5 Å². The fourth-order valence-electron chi connectivity index (χ4n) is 2.25. The van der Waals surface area contributed by atoms with Crippen molar-refractivity contribution in [3.63, 3.8) is 0 Å². The van der Waals surface area contributed by atoms with Crippen LogP contribution >= 0.6 is 27.5 Å². The van der Waals surface area contributed by atoms with Gasteiger partial charge in [0.05, 0.1) is 9.50 Å². The molecule has 2 N–H and O–H groups in total. The summed E-state index contributed by atoms with van der Waals surface area (Å²) >= 11 is 9.80. The number of nitrogens with two attached hydrogens (primary N) is 1. The number of rotatable bonds is 6. The first kappa shape index (κ1) is 17.7. The number of ether oxygens (including phenoxy) is 1. The van der Waals surface area contributed by atoms with E-state index >= 15 is 0 Å². The van der Waals surface area contributed by atoms with E-state index in [0.717, 1.165) is 15.6 Å². The summed E-state index contributed by atoms with van der Waals surface area (Å²) in [6.45, 7) is 0.291. The first-order chi connectivity index (χ1) is 12.0. The predicted octanol–water partition coefficient (Wildman–Crippen LogP) is 4.57. The van der Waals surface area contributed by atoms with Crippen LogP contribution in [0.4, 0.5) is 10.4 Å². The normalized spacial score (nSPS) is 10.8. The lowest BCUT2D eigenvalue weighted by Gasteiger charge is -2.12. The highest BCUT2D eigenvalue weighted by molar-refractivity contribution is 9.10. The molecule has 0 atom stereocenters. The molecule has 25 heavy (non-hydrogen) atoms. The molecule has 1 aromatic heterocycles. The van der Waals surface area contributed by atoms with Crippen molar-refractivity contribution in [1.29, 1.82) is 0 Å². The van der Waals surface area contributed by atoms with E-state index in [1.165, 1.54) is 12.1 Å². The maximum Gasteiger partial charge on any atom is 0.312 e. The van der Waals surface area contributed by atoms with Crippen LogP contribution in [0.3, 0.4) is 0 Å². The minimum atomic E-state index is -0.282. The summed E-state index contributed by atoms with van der Waals surface area (Å²) in [4.78, 5) is 0. The average molecular weight is 427 g/mol. The van der Waals surface area contributed by atoms with Gasteiger partial charge < -0.3 is 14.9 Å². The van der Waals surface area contributed by atoms with Crippen LogP contribution in [-0.2, 0) is 19.4 Å². The third-order valence-electron chi connectivity index (χ3n) is 3.46. The molecular formula is C17H14BrClFN3O2. The Balaban J connectivity index is 1.66. The van der Waals surface area contributed by atoms with E-state index in [9.17, 15) is 4.39 Å². The van der Waals surface area contributed by atoms with Crippen LogP contribution in [0.5, 0.6) is 5.75 Å². The third-order valence-corrected chi connectivity index (χ3v) is 4.33. The van der Waals surface area contributed by atoms with Gasteiger partial charge in [-0.2, -0.15) is 0 Å². The van der Waals surface area contributed by atoms with Gasteiger partial charge >= 0.3 is 6.01 Å². The third kappa shape index (κ3) is 4.70. The second-order valence-corrected chi connectivity index (χ2v) is 6.60. The second-order valence-electron chi connectivity index (χ2n) is 5.34. The molecule has 1 heterocycles. The molecule has 3 aromatic rings. The van der Waals surface area contributed by atoms with Gasteiger partial charge in [-0.1, -0.05) is 28.8 Å². The van der Waals surface area contributed by atoms with Crippen LogP contribution < -0.4 is 10.5 Å². The molecule has 0 aliphatic rings. The number of hydrogen-bond acceptors (Lipinski definition) is 5. The molecule has 2 aromatic carbocycles. The van der Waals surface area contributed by atoms with E-state index in [4.69, 9.17) is 26.5 Å². The van der Waals surface area contributed by atoms with E-state index in [1.54, 1.807) is 12.1 Å². The number of hydrogen-bond donors (Lipinski definition) is 1. The topological polar surface area (TPSA) is 74.2 Å². The largest absolute Gasteiger partial charge is 0.486 e. The second kappa shape index (κ2) is 7.84. The molecule has 8 heteroatoms. The zero-order chi connectivity index (χ0) is 17.8. The van der Waals surface area contributed by atoms with E-state index in [1.807, 2.05) is 12.1 Å². The summed E-state index contributed by atoms with van der Waals surface area (Å²) in [5.74, 6) is 0.730. The minimum Gasteiger partial charge on any atom is -0.486 e. The Morgan fingerprint density at radius 2 is 1.88 bits per heavy atom.